The van der Waals surface area contributed by atoms with Crippen molar-refractivity contribution in [3.63, 3.8) is 0 Å². The first-order chi connectivity index (χ1) is 11.9. The maximum Gasteiger partial charge on any atom is 0.414 e. The van der Waals surface area contributed by atoms with Gasteiger partial charge >= 0.3 is 11.9 Å². The maximum atomic E-state index is 9.10. The smallest absolute Gasteiger partial charge is 0.414 e. The van der Waals surface area contributed by atoms with Gasteiger partial charge in [0.1, 0.15) is 0 Å². The van der Waals surface area contributed by atoms with E-state index in [4.69, 9.17) is 31.4 Å². The van der Waals surface area contributed by atoms with Gasteiger partial charge in [-0.1, -0.05) is 37.6 Å². The van der Waals surface area contributed by atoms with Crippen LogP contribution < -0.4 is 0 Å². The molecule has 0 aromatic heterocycles. The Bertz CT molecular complexity index is 544. The fourth-order valence-corrected chi connectivity index (χ4v) is 3.20. The molecule has 1 aliphatic heterocycles. The van der Waals surface area contributed by atoms with Crippen LogP contribution >= 0.6 is 11.6 Å². The summed E-state index contributed by atoms with van der Waals surface area (Å²) in [6.07, 6.45) is 2.54. The third-order valence-corrected chi connectivity index (χ3v) is 4.58. The number of hydrogen-bond acceptors (Lipinski definition) is 4. The minimum atomic E-state index is -1.82. The second-order valence-corrected chi connectivity index (χ2v) is 6.46. The van der Waals surface area contributed by atoms with E-state index in [9.17, 15) is 0 Å². The summed E-state index contributed by atoms with van der Waals surface area (Å²) in [6, 6.07) is 9.00. The molecule has 25 heavy (non-hydrogen) atoms. The van der Waals surface area contributed by atoms with Crippen LogP contribution in [0.3, 0.4) is 0 Å². The number of aliphatic carboxylic acids is 2. The Morgan fingerprint density at radius 1 is 1.08 bits per heavy atom. The van der Waals surface area contributed by atoms with Crippen molar-refractivity contribution in [2.75, 3.05) is 26.2 Å². The van der Waals surface area contributed by atoms with Crippen LogP contribution in [0.15, 0.2) is 24.3 Å². The van der Waals surface area contributed by atoms with E-state index in [-0.39, 0.29) is 0 Å². The summed E-state index contributed by atoms with van der Waals surface area (Å²) >= 11 is 6.04. The topological polar surface area (TPSA) is 81.1 Å². The second kappa shape index (κ2) is 11.1. The molecular weight excluding hydrogens is 344 g/mol. The third-order valence-electron chi connectivity index (χ3n) is 4.34. The molecule has 1 fully saturated rings. The first kappa shape index (κ1) is 21.4. The maximum absolute atomic E-state index is 9.10. The highest BCUT2D eigenvalue weighted by molar-refractivity contribution is 6.30. The lowest BCUT2D eigenvalue weighted by Crippen LogP contribution is -2.49. The molecule has 1 aromatic rings. The predicted molar refractivity (Wildman–Crippen MR) is 97.9 cm³/mol. The Hall–Kier alpha value is -1.63. The van der Waals surface area contributed by atoms with E-state index in [1.54, 1.807) is 0 Å². The number of piperazine rings is 1. The lowest BCUT2D eigenvalue weighted by atomic mass is 10.1. The van der Waals surface area contributed by atoms with E-state index in [1.807, 2.05) is 12.1 Å². The molecule has 0 spiro atoms. The first-order valence-electron chi connectivity index (χ1n) is 8.54. The Morgan fingerprint density at radius 2 is 1.64 bits per heavy atom. The van der Waals surface area contributed by atoms with E-state index < -0.39 is 11.9 Å². The molecule has 0 atom stereocenters. The van der Waals surface area contributed by atoms with Gasteiger partial charge < -0.3 is 10.2 Å². The lowest BCUT2D eigenvalue weighted by molar-refractivity contribution is -0.159. The van der Waals surface area contributed by atoms with E-state index in [2.05, 4.69) is 35.8 Å². The summed E-state index contributed by atoms with van der Waals surface area (Å²) < 4.78 is 0. The van der Waals surface area contributed by atoms with Crippen molar-refractivity contribution in [2.24, 2.45) is 0 Å². The molecule has 0 unspecified atom stereocenters. The number of halogens is 1. The normalized spacial score (nSPS) is 15.5. The predicted octanol–water partition coefficient (Wildman–Crippen LogP) is 2.80. The Balaban J connectivity index is 0.000000450. The van der Waals surface area contributed by atoms with Crippen molar-refractivity contribution in [2.45, 2.75) is 39.3 Å². The summed E-state index contributed by atoms with van der Waals surface area (Å²) in [6.45, 7) is 10.4. The van der Waals surface area contributed by atoms with Crippen LogP contribution in [0.25, 0.3) is 0 Å². The highest BCUT2D eigenvalue weighted by Gasteiger charge is 2.21. The molecule has 0 saturated carbocycles. The number of carboxylic acid groups (broad SMARTS) is 2. The van der Waals surface area contributed by atoms with Crippen molar-refractivity contribution in [3.05, 3.63) is 34.9 Å². The standard InChI is InChI=1S/C16H25ClN2.C2H2O4/c1-3-16(4-2)19-10-8-18(9-11-19)13-14-6-5-7-15(17)12-14;3-1(4)2(5)6/h5-7,12,16H,3-4,8-11,13H2,1-2H3;(H,3,4)(H,5,6). The van der Waals surface area contributed by atoms with Crippen molar-refractivity contribution in [1.82, 2.24) is 9.80 Å². The Morgan fingerprint density at radius 3 is 2.08 bits per heavy atom. The van der Waals surface area contributed by atoms with E-state index >= 15 is 0 Å². The number of nitrogens with zero attached hydrogens (tertiary/aromatic N) is 2. The molecule has 7 heteroatoms. The van der Waals surface area contributed by atoms with Gasteiger partial charge in [0.25, 0.3) is 0 Å². The molecule has 140 valence electrons. The minimum Gasteiger partial charge on any atom is -0.473 e. The fourth-order valence-electron chi connectivity index (χ4n) is 2.99. The molecule has 1 aliphatic rings. The molecule has 1 saturated heterocycles. The van der Waals surface area contributed by atoms with Crippen LogP contribution in [0.5, 0.6) is 0 Å². The third kappa shape index (κ3) is 7.86. The summed E-state index contributed by atoms with van der Waals surface area (Å²) in [5.74, 6) is -3.65. The Labute approximate surface area is 154 Å². The van der Waals surface area contributed by atoms with Crippen LogP contribution in [-0.4, -0.2) is 64.2 Å². The molecule has 0 amide bonds. The molecule has 2 rings (SSSR count). The van der Waals surface area contributed by atoms with Crippen LogP contribution in [0.1, 0.15) is 32.3 Å². The molecule has 1 aromatic carbocycles. The monoisotopic (exact) mass is 370 g/mol. The van der Waals surface area contributed by atoms with Gasteiger partial charge in [-0.3, -0.25) is 9.80 Å². The highest BCUT2D eigenvalue weighted by Crippen LogP contribution is 2.16. The SMILES string of the molecule is CCC(CC)N1CCN(Cc2cccc(Cl)c2)CC1.O=C(O)C(=O)O. The number of carbonyl (C=O) groups is 2. The van der Waals surface area contributed by atoms with Crippen LogP contribution in [0, 0.1) is 0 Å². The van der Waals surface area contributed by atoms with Gasteiger partial charge in [0.05, 0.1) is 0 Å². The first-order valence-corrected chi connectivity index (χ1v) is 8.92. The molecule has 1 heterocycles. The summed E-state index contributed by atoms with van der Waals surface area (Å²) in [5, 5.41) is 15.6. The van der Waals surface area contributed by atoms with Gasteiger partial charge in [-0.05, 0) is 30.5 Å². The number of rotatable bonds is 5. The average Bonchev–Trinajstić information content (AvgIpc) is 2.58. The minimum absolute atomic E-state index is 0.772. The van der Waals surface area contributed by atoms with Gasteiger partial charge in [-0.2, -0.15) is 0 Å². The Kier molecular flexibility index (Phi) is 9.49. The van der Waals surface area contributed by atoms with Gasteiger partial charge in [-0.25, -0.2) is 9.59 Å². The summed E-state index contributed by atoms with van der Waals surface area (Å²) in [7, 11) is 0. The van der Waals surface area contributed by atoms with Crippen LogP contribution in [-0.2, 0) is 16.1 Å². The van der Waals surface area contributed by atoms with Gasteiger partial charge in [-0.15, -0.1) is 0 Å². The molecule has 0 radical (unpaired) electrons. The van der Waals surface area contributed by atoms with Gasteiger partial charge in [0, 0.05) is 43.8 Å². The number of hydrogen-bond donors (Lipinski definition) is 2. The van der Waals surface area contributed by atoms with Gasteiger partial charge in [0.15, 0.2) is 0 Å². The zero-order valence-corrected chi connectivity index (χ0v) is 15.6. The zero-order valence-electron chi connectivity index (χ0n) is 14.8. The molecule has 2 N–H and O–H groups in total. The van der Waals surface area contributed by atoms with E-state index in [0.717, 1.165) is 17.6 Å². The van der Waals surface area contributed by atoms with Crippen molar-refractivity contribution in [1.29, 1.82) is 0 Å². The fraction of sp³-hybridized carbons (Fsp3) is 0.556. The lowest BCUT2D eigenvalue weighted by Gasteiger charge is -2.38. The quantitative estimate of drug-likeness (QED) is 0.776. The van der Waals surface area contributed by atoms with Crippen molar-refractivity contribution in [3.8, 4) is 0 Å². The van der Waals surface area contributed by atoms with Crippen molar-refractivity contribution < 1.29 is 19.8 Å². The highest BCUT2D eigenvalue weighted by atomic mass is 35.5. The zero-order chi connectivity index (χ0) is 18.8. The summed E-state index contributed by atoms with van der Waals surface area (Å²) in [5.41, 5.74) is 1.32. The largest absolute Gasteiger partial charge is 0.473 e. The molecule has 6 nitrogen and oxygen atoms in total. The van der Waals surface area contributed by atoms with Gasteiger partial charge in [0.2, 0.25) is 0 Å². The molecule has 0 aliphatic carbocycles. The number of carboxylic acids is 2. The average molecular weight is 371 g/mol. The summed E-state index contributed by atoms with van der Waals surface area (Å²) in [4.78, 5) is 23.4. The van der Waals surface area contributed by atoms with Crippen LogP contribution in [0.4, 0.5) is 0 Å². The van der Waals surface area contributed by atoms with E-state index in [0.29, 0.717) is 0 Å². The van der Waals surface area contributed by atoms with E-state index in [1.165, 1.54) is 44.6 Å². The molecule has 0 bridgehead atoms. The molecular formula is C18H27ClN2O4. The van der Waals surface area contributed by atoms with Crippen molar-refractivity contribution >= 4 is 23.5 Å². The number of benzene rings is 1. The van der Waals surface area contributed by atoms with Crippen LogP contribution in [0.2, 0.25) is 5.02 Å². The second-order valence-electron chi connectivity index (χ2n) is 6.02.